The Bertz CT molecular complexity index is 633. The third kappa shape index (κ3) is 10.5. The van der Waals surface area contributed by atoms with Crippen LogP contribution in [0.3, 0.4) is 0 Å². The van der Waals surface area contributed by atoms with E-state index in [0.29, 0.717) is 18.5 Å². The molecule has 31 heavy (non-hydrogen) atoms. The fourth-order valence-electron chi connectivity index (χ4n) is 3.50. The topological polar surface area (TPSA) is 88.8 Å². The first-order valence-electron chi connectivity index (χ1n) is 11.3. The van der Waals surface area contributed by atoms with E-state index >= 15 is 0 Å². The van der Waals surface area contributed by atoms with Gasteiger partial charge >= 0.3 is 0 Å². The maximum absolute atomic E-state index is 5.54. The number of morpholine rings is 1. The summed E-state index contributed by atoms with van der Waals surface area (Å²) in [6.07, 6.45) is 2.09. The number of aryl methyl sites for hydroxylation is 1. The zero-order chi connectivity index (χ0) is 21.8. The van der Waals surface area contributed by atoms with Crippen LogP contribution in [0.5, 0.6) is 0 Å². The van der Waals surface area contributed by atoms with Crippen molar-refractivity contribution in [3.63, 3.8) is 0 Å². The smallest absolute Gasteiger partial charge is 0.191 e. The lowest BCUT2D eigenvalue weighted by atomic mass is 10.0. The fourth-order valence-corrected chi connectivity index (χ4v) is 3.50. The van der Waals surface area contributed by atoms with Crippen LogP contribution in [0.25, 0.3) is 0 Å². The van der Waals surface area contributed by atoms with E-state index in [1.165, 1.54) is 0 Å². The summed E-state index contributed by atoms with van der Waals surface area (Å²) in [5.74, 6) is 3.20. The number of hydrogen-bond donors (Lipinski definition) is 2. The van der Waals surface area contributed by atoms with Crippen LogP contribution in [0.4, 0.5) is 0 Å². The zero-order valence-corrected chi connectivity index (χ0v) is 22.2. The van der Waals surface area contributed by atoms with Gasteiger partial charge in [0.2, 0.25) is 0 Å². The van der Waals surface area contributed by atoms with Gasteiger partial charge in [0.05, 0.1) is 13.2 Å². The molecule has 2 heterocycles. The van der Waals surface area contributed by atoms with Crippen molar-refractivity contribution < 1.29 is 9.47 Å². The molecule has 0 spiro atoms. The molecule has 0 bridgehead atoms. The van der Waals surface area contributed by atoms with Gasteiger partial charge < -0.3 is 24.7 Å². The van der Waals surface area contributed by atoms with E-state index in [9.17, 15) is 0 Å². The van der Waals surface area contributed by atoms with Gasteiger partial charge in [0, 0.05) is 52.5 Å². The molecule has 0 aromatic carbocycles. The maximum atomic E-state index is 5.54. The number of nitrogens with one attached hydrogen (secondary N) is 2. The average molecular weight is 552 g/mol. The molecule has 0 saturated carbocycles. The van der Waals surface area contributed by atoms with Crippen LogP contribution in [0, 0.1) is 12.8 Å². The Morgan fingerprint density at radius 3 is 2.58 bits per heavy atom. The number of halogens is 1. The van der Waals surface area contributed by atoms with Crippen LogP contribution in [0.2, 0.25) is 0 Å². The second-order valence-corrected chi connectivity index (χ2v) is 8.18. The fraction of sp³-hybridized carbons (Fsp3) is 0.857. The van der Waals surface area contributed by atoms with Gasteiger partial charge in [-0.2, -0.15) is 0 Å². The normalized spacial score (nSPS) is 16.3. The first-order chi connectivity index (χ1) is 14.5. The highest BCUT2D eigenvalue weighted by Crippen LogP contribution is 2.13. The van der Waals surface area contributed by atoms with Gasteiger partial charge in [-0.25, -0.2) is 4.99 Å². The Balaban J connectivity index is 0.00000480. The molecule has 1 aliphatic rings. The van der Waals surface area contributed by atoms with Crippen molar-refractivity contribution in [2.75, 3.05) is 52.6 Å². The van der Waals surface area contributed by atoms with E-state index in [0.717, 1.165) is 83.1 Å². The largest absolute Gasteiger partial charge is 0.382 e. The SMILES string of the molecule is CCOCCCNC(=NCc1nnc(C)n1C)NCC(CC(C)C)N1CCOCC1.I. The van der Waals surface area contributed by atoms with Gasteiger partial charge in [-0.1, -0.05) is 13.8 Å². The molecule has 2 N–H and O–H groups in total. The van der Waals surface area contributed by atoms with E-state index in [2.05, 4.69) is 39.6 Å². The number of ether oxygens (including phenoxy) is 2. The molecule has 2 rings (SSSR count). The number of aromatic nitrogens is 3. The first-order valence-corrected chi connectivity index (χ1v) is 11.3. The summed E-state index contributed by atoms with van der Waals surface area (Å²) in [5.41, 5.74) is 0. The summed E-state index contributed by atoms with van der Waals surface area (Å²) < 4.78 is 13.0. The number of rotatable bonds is 12. The summed E-state index contributed by atoms with van der Waals surface area (Å²) in [7, 11) is 1.97. The Hall–Kier alpha value is -0.980. The lowest BCUT2D eigenvalue weighted by molar-refractivity contribution is 0.0132. The van der Waals surface area contributed by atoms with Crippen LogP contribution in [-0.4, -0.2) is 84.3 Å². The third-order valence-corrected chi connectivity index (χ3v) is 5.33. The van der Waals surface area contributed by atoms with E-state index in [4.69, 9.17) is 14.5 Å². The van der Waals surface area contributed by atoms with Crippen LogP contribution in [-0.2, 0) is 23.1 Å². The van der Waals surface area contributed by atoms with Crippen molar-refractivity contribution in [1.82, 2.24) is 30.3 Å². The second kappa shape index (κ2) is 15.8. The van der Waals surface area contributed by atoms with E-state index in [1.807, 2.05) is 25.5 Å². The Morgan fingerprint density at radius 1 is 1.23 bits per heavy atom. The molecule has 0 aliphatic carbocycles. The predicted molar refractivity (Wildman–Crippen MR) is 135 cm³/mol. The highest BCUT2D eigenvalue weighted by molar-refractivity contribution is 14.0. The predicted octanol–water partition coefficient (Wildman–Crippen LogP) is 1.95. The highest BCUT2D eigenvalue weighted by atomic mass is 127. The van der Waals surface area contributed by atoms with Gasteiger partial charge in [0.25, 0.3) is 0 Å². The summed E-state index contributed by atoms with van der Waals surface area (Å²) in [4.78, 5) is 7.31. The minimum absolute atomic E-state index is 0. The Morgan fingerprint density at radius 2 is 1.97 bits per heavy atom. The summed E-state index contributed by atoms with van der Waals surface area (Å²) >= 11 is 0. The molecule has 1 fully saturated rings. The molecular weight excluding hydrogens is 509 g/mol. The van der Waals surface area contributed by atoms with Crippen LogP contribution in [0.15, 0.2) is 4.99 Å². The molecule has 9 nitrogen and oxygen atoms in total. The molecule has 1 saturated heterocycles. The van der Waals surface area contributed by atoms with Crippen LogP contribution in [0.1, 0.15) is 45.3 Å². The molecule has 0 radical (unpaired) electrons. The van der Waals surface area contributed by atoms with E-state index < -0.39 is 0 Å². The molecule has 1 aliphatic heterocycles. The number of guanidine groups is 1. The molecule has 1 aromatic heterocycles. The zero-order valence-electron chi connectivity index (χ0n) is 19.9. The monoisotopic (exact) mass is 551 g/mol. The van der Waals surface area contributed by atoms with Crippen LogP contribution < -0.4 is 10.6 Å². The van der Waals surface area contributed by atoms with Gasteiger partial charge in [-0.05, 0) is 32.6 Å². The van der Waals surface area contributed by atoms with Crippen LogP contribution >= 0.6 is 24.0 Å². The highest BCUT2D eigenvalue weighted by Gasteiger charge is 2.22. The standard InChI is InChI=1S/C21H41N7O2.HI/c1-6-29-11-7-8-22-21(24-16-20-26-25-18(4)27(20)5)23-15-19(14-17(2)3)28-9-12-30-13-10-28;/h17,19H,6-16H2,1-5H3,(H2,22,23,24);1H. The lowest BCUT2D eigenvalue weighted by Crippen LogP contribution is -2.51. The van der Waals surface area contributed by atoms with E-state index in [1.54, 1.807) is 0 Å². The summed E-state index contributed by atoms with van der Waals surface area (Å²) in [6.45, 7) is 15.8. The molecule has 1 unspecified atom stereocenters. The van der Waals surface area contributed by atoms with E-state index in [-0.39, 0.29) is 24.0 Å². The molecule has 10 heteroatoms. The second-order valence-electron chi connectivity index (χ2n) is 8.18. The van der Waals surface area contributed by atoms with Crippen molar-refractivity contribution in [2.24, 2.45) is 18.0 Å². The molecular formula is C21H42IN7O2. The first kappa shape index (κ1) is 28.1. The molecule has 1 atom stereocenters. The average Bonchev–Trinajstić information content (AvgIpc) is 3.06. The van der Waals surface area contributed by atoms with Gasteiger partial charge in [0.15, 0.2) is 11.8 Å². The van der Waals surface area contributed by atoms with Crippen molar-refractivity contribution in [1.29, 1.82) is 0 Å². The van der Waals surface area contributed by atoms with Crippen molar-refractivity contribution in [3.8, 4) is 0 Å². The van der Waals surface area contributed by atoms with Crippen molar-refractivity contribution in [2.45, 2.75) is 53.1 Å². The summed E-state index contributed by atoms with van der Waals surface area (Å²) in [5, 5.41) is 15.4. The Kier molecular flexibility index (Phi) is 14.3. The number of nitrogens with zero attached hydrogens (tertiary/aromatic N) is 5. The third-order valence-electron chi connectivity index (χ3n) is 5.33. The quantitative estimate of drug-likeness (QED) is 0.178. The Labute approximate surface area is 204 Å². The molecule has 1 aromatic rings. The minimum Gasteiger partial charge on any atom is -0.382 e. The van der Waals surface area contributed by atoms with Crippen molar-refractivity contribution in [3.05, 3.63) is 11.6 Å². The van der Waals surface area contributed by atoms with Gasteiger partial charge in [0.1, 0.15) is 12.4 Å². The molecule has 0 amide bonds. The lowest BCUT2D eigenvalue weighted by Gasteiger charge is -2.35. The molecule has 180 valence electrons. The minimum atomic E-state index is 0. The number of hydrogen-bond acceptors (Lipinski definition) is 6. The van der Waals surface area contributed by atoms with Gasteiger partial charge in [-0.15, -0.1) is 34.2 Å². The number of aliphatic imine (C=N–C) groups is 1. The maximum Gasteiger partial charge on any atom is 0.191 e. The van der Waals surface area contributed by atoms with Gasteiger partial charge in [-0.3, -0.25) is 4.90 Å². The summed E-state index contributed by atoms with van der Waals surface area (Å²) in [6, 6.07) is 0.460. The van der Waals surface area contributed by atoms with Crippen molar-refractivity contribution >= 4 is 29.9 Å².